The monoisotopic (exact) mass is 339 g/mol. The van der Waals surface area contributed by atoms with E-state index in [1.807, 2.05) is 11.8 Å². The Balaban J connectivity index is 1.48. The number of aliphatic imine (C=N–C) groups is 2. The van der Waals surface area contributed by atoms with Crippen LogP contribution in [-0.4, -0.2) is 21.0 Å². The van der Waals surface area contributed by atoms with Gasteiger partial charge in [0.25, 0.3) is 0 Å². The molecule has 0 aromatic heterocycles. The highest BCUT2D eigenvalue weighted by molar-refractivity contribution is 8.31. The third-order valence-electron chi connectivity index (χ3n) is 3.80. The van der Waals surface area contributed by atoms with Gasteiger partial charge in [-0.25, -0.2) is 9.98 Å². The second-order valence-electron chi connectivity index (χ2n) is 5.74. The highest BCUT2D eigenvalue weighted by atomic mass is 32.2. The van der Waals surface area contributed by atoms with Gasteiger partial charge in [0.1, 0.15) is 9.63 Å². The van der Waals surface area contributed by atoms with E-state index in [0.29, 0.717) is 4.58 Å². The zero-order valence-electron chi connectivity index (χ0n) is 13.0. The summed E-state index contributed by atoms with van der Waals surface area (Å²) in [5.41, 5.74) is 4.80. The van der Waals surface area contributed by atoms with E-state index in [1.165, 1.54) is 16.7 Å². The first-order valence-corrected chi connectivity index (χ1v) is 9.33. The Bertz CT molecular complexity index is 779. The summed E-state index contributed by atoms with van der Waals surface area (Å²) in [6.45, 7) is 4.19. The van der Waals surface area contributed by atoms with Crippen molar-refractivity contribution in [1.82, 2.24) is 0 Å². The van der Waals surface area contributed by atoms with Crippen molar-refractivity contribution in [2.24, 2.45) is 9.98 Å². The van der Waals surface area contributed by atoms with Gasteiger partial charge >= 0.3 is 0 Å². The molecule has 0 saturated carbocycles. The lowest BCUT2D eigenvalue weighted by Crippen LogP contribution is -2.06. The minimum absolute atomic E-state index is 0.0225. The molecule has 0 amide bonds. The summed E-state index contributed by atoms with van der Waals surface area (Å²) in [5.74, 6) is 0. The van der Waals surface area contributed by atoms with E-state index in [1.54, 1.807) is 11.8 Å². The van der Waals surface area contributed by atoms with Gasteiger partial charge in [0, 0.05) is 11.3 Å². The Kier molecular flexibility index (Phi) is 3.91. The molecule has 2 heterocycles. The van der Waals surface area contributed by atoms with E-state index in [0.717, 1.165) is 15.9 Å². The van der Waals surface area contributed by atoms with Crippen molar-refractivity contribution in [3.8, 4) is 0 Å². The lowest BCUT2D eigenvalue weighted by Gasteiger charge is -2.07. The second-order valence-corrected chi connectivity index (χ2v) is 8.30. The van der Waals surface area contributed by atoms with E-state index >= 15 is 0 Å². The average Bonchev–Trinajstić information content (AvgIpc) is 3.09. The van der Waals surface area contributed by atoms with Crippen LogP contribution in [0.4, 0.5) is 5.69 Å². The molecule has 2 aromatic carbocycles. The van der Waals surface area contributed by atoms with Crippen LogP contribution in [0.1, 0.15) is 16.7 Å². The van der Waals surface area contributed by atoms with Crippen LogP contribution in [-0.2, 0) is 0 Å². The van der Waals surface area contributed by atoms with Gasteiger partial charge in [-0.15, -0.1) is 0 Å². The number of nitrogens with one attached hydrogen (secondary N) is 1. The third-order valence-corrected chi connectivity index (χ3v) is 6.32. The average molecular weight is 339 g/mol. The minimum atomic E-state index is 0.0225. The van der Waals surface area contributed by atoms with Crippen molar-refractivity contribution in [3.05, 3.63) is 65.2 Å². The van der Waals surface area contributed by atoms with Gasteiger partial charge in [0.05, 0.1) is 0 Å². The Morgan fingerprint density at radius 2 is 1.48 bits per heavy atom. The minimum Gasteiger partial charge on any atom is -0.335 e. The molecule has 0 fully saturated rings. The van der Waals surface area contributed by atoms with Crippen molar-refractivity contribution in [1.29, 1.82) is 0 Å². The molecule has 0 aliphatic carbocycles. The van der Waals surface area contributed by atoms with Gasteiger partial charge in [0.2, 0.25) is 0 Å². The molecule has 4 rings (SSSR count). The molecular weight excluding hydrogens is 322 g/mol. The molecule has 2 atom stereocenters. The van der Waals surface area contributed by atoms with E-state index < -0.39 is 0 Å². The standard InChI is InChI=1S/C18H17N3S2/c1-11-3-7-13(8-4-11)16-20-15-17(22-16)23-18(21-15)19-14-9-5-12(2)6-10-14/h3-10,15,17H,1-2H3,(H,19,21)/t15-,17-/m0/s1. The number of hydrogen-bond donors (Lipinski definition) is 1. The maximum absolute atomic E-state index is 4.79. The molecule has 116 valence electrons. The number of hydrogen-bond acceptors (Lipinski definition) is 5. The number of aryl methyl sites for hydroxylation is 2. The number of amidine groups is 1. The summed E-state index contributed by atoms with van der Waals surface area (Å²) >= 11 is 3.58. The van der Waals surface area contributed by atoms with Crippen LogP contribution in [0.15, 0.2) is 58.5 Å². The second kappa shape index (κ2) is 6.06. The molecule has 5 heteroatoms. The van der Waals surface area contributed by atoms with Crippen LogP contribution in [0, 0.1) is 13.8 Å². The largest absolute Gasteiger partial charge is 0.335 e. The molecule has 0 unspecified atom stereocenters. The Hall–Kier alpha value is -1.72. The molecule has 0 radical (unpaired) electrons. The SMILES string of the molecule is Cc1ccc(NC2=N[C@@H]3N=C(c4ccc(C)cc4)S[C@H]3S2)cc1. The van der Waals surface area contributed by atoms with Gasteiger partial charge in [-0.05, 0) is 26.0 Å². The predicted octanol–water partition coefficient (Wildman–Crippen LogP) is 4.66. The van der Waals surface area contributed by atoms with E-state index in [9.17, 15) is 0 Å². The number of nitrogens with zero attached hydrogens (tertiary/aromatic N) is 2. The summed E-state index contributed by atoms with van der Waals surface area (Å²) < 4.78 is 0.347. The van der Waals surface area contributed by atoms with Gasteiger partial charge in [0.15, 0.2) is 11.3 Å². The van der Waals surface area contributed by atoms with Gasteiger partial charge in [-0.3, -0.25) is 0 Å². The number of thioether (sulfide) groups is 2. The predicted molar refractivity (Wildman–Crippen MR) is 103 cm³/mol. The number of fused-ring (bicyclic) bond motifs is 1. The van der Waals surface area contributed by atoms with Crippen molar-refractivity contribution in [2.45, 2.75) is 24.6 Å². The molecule has 0 spiro atoms. The van der Waals surface area contributed by atoms with Gasteiger partial charge < -0.3 is 5.32 Å². The Labute approximate surface area is 144 Å². The highest BCUT2D eigenvalue weighted by Gasteiger charge is 2.37. The molecule has 2 aliphatic rings. The summed E-state index contributed by atoms with van der Waals surface area (Å²) in [7, 11) is 0. The van der Waals surface area contributed by atoms with Gasteiger partial charge in [-0.1, -0.05) is 71.0 Å². The molecule has 2 aromatic rings. The van der Waals surface area contributed by atoms with Gasteiger partial charge in [-0.2, -0.15) is 0 Å². The maximum Gasteiger partial charge on any atom is 0.165 e. The number of anilines is 1. The van der Waals surface area contributed by atoms with E-state index in [2.05, 4.69) is 67.7 Å². The zero-order valence-corrected chi connectivity index (χ0v) is 14.6. The van der Waals surface area contributed by atoms with Crippen LogP contribution in [0.25, 0.3) is 0 Å². The lowest BCUT2D eigenvalue weighted by molar-refractivity contribution is 0.809. The molecule has 23 heavy (non-hydrogen) atoms. The highest BCUT2D eigenvalue weighted by Crippen LogP contribution is 2.43. The van der Waals surface area contributed by atoms with Crippen molar-refractivity contribution >= 4 is 39.4 Å². The normalized spacial score (nSPS) is 22.5. The maximum atomic E-state index is 4.79. The Morgan fingerprint density at radius 1 is 0.826 bits per heavy atom. The summed E-state index contributed by atoms with van der Waals surface area (Å²) in [6, 6.07) is 16.9. The van der Waals surface area contributed by atoms with Crippen LogP contribution < -0.4 is 5.32 Å². The van der Waals surface area contributed by atoms with E-state index in [-0.39, 0.29) is 6.17 Å². The first-order chi connectivity index (χ1) is 11.2. The van der Waals surface area contributed by atoms with Crippen LogP contribution in [0.3, 0.4) is 0 Å². The fourth-order valence-corrected chi connectivity index (χ4v) is 4.93. The number of benzene rings is 2. The van der Waals surface area contributed by atoms with Crippen LogP contribution in [0.2, 0.25) is 0 Å². The first kappa shape index (κ1) is 14.8. The van der Waals surface area contributed by atoms with Crippen LogP contribution in [0.5, 0.6) is 0 Å². The first-order valence-electron chi connectivity index (χ1n) is 7.57. The molecule has 1 N–H and O–H groups in total. The molecular formula is C18H17N3S2. The quantitative estimate of drug-likeness (QED) is 0.864. The molecule has 0 bridgehead atoms. The summed E-state index contributed by atoms with van der Waals surface area (Å²) in [5, 5.41) is 5.45. The molecule has 3 nitrogen and oxygen atoms in total. The number of rotatable bonds is 2. The van der Waals surface area contributed by atoms with Crippen molar-refractivity contribution in [2.75, 3.05) is 5.32 Å². The van der Waals surface area contributed by atoms with Crippen molar-refractivity contribution in [3.63, 3.8) is 0 Å². The van der Waals surface area contributed by atoms with Crippen LogP contribution >= 0.6 is 23.5 Å². The third kappa shape index (κ3) is 3.16. The Morgan fingerprint density at radius 3 is 2.13 bits per heavy atom. The smallest absolute Gasteiger partial charge is 0.165 e. The summed E-state index contributed by atoms with van der Waals surface area (Å²) in [6.07, 6.45) is 0.0225. The fourth-order valence-electron chi connectivity index (χ4n) is 2.48. The topological polar surface area (TPSA) is 36.8 Å². The zero-order chi connectivity index (χ0) is 15.8. The lowest BCUT2D eigenvalue weighted by atomic mass is 10.2. The van der Waals surface area contributed by atoms with Crippen molar-refractivity contribution < 1.29 is 0 Å². The summed E-state index contributed by atoms with van der Waals surface area (Å²) in [4.78, 5) is 9.51. The molecule has 2 aliphatic heterocycles. The fraction of sp³-hybridized carbons (Fsp3) is 0.222. The molecule has 0 saturated heterocycles. The van der Waals surface area contributed by atoms with E-state index in [4.69, 9.17) is 9.98 Å².